The van der Waals surface area contributed by atoms with Gasteiger partial charge in [0.05, 0.1) is 12.2 Å². The minimum atomic E-state index is -0.202. The molecule has 0 spiro atoms. The van der Waals surface area contributed by atoms with E-state index in [4.69, 9.17) is 0 Å². The van der Waals surface area contributed by atoms with Crippen molar-refractivity contribution < 1.29 is 4.79 Å². The van der Waals surface area contributed by atoms with Crippen LogP contribution < -0.4 is 10.9 Å². The van der Waals surface area contributed by atoms with Crippen molar-refractivity contribution in [2.45, 2.75) is 32.2 Å². The van der Waals surface area contributed by atoms with Gasteiger partial charge in [-0.15, -0.1) is 0 Å². The number of fused-ring (bicyclic) bond motifs is 2. The maximum Gasteiger partial charge on any atom is 0.257 e. The second-order valence-electron chi connectivity index (χ2n) is 6.07. The minimum absolute atomic E-state index is 0.108. The molecule has 3 aromatic rings. The summed E-state index contributed by atoms with van der Waals surface area (Å²) in [4.78, 5) is 31.4. The zero-order valence-corrected chi connectivity index (χ0v) is 13.2. The first-order chi connectivity index (χ1) is 11.6. The van der Waals surface area contributed by atoms with E-state index in [0.717, 1.165) is 36.2 Å². The van der Waals surface area contributed by atoms with Gasteiger partial charge in [-0.1, -0.05) is 0 Å². The van der Waals surface area contributed by atoms with E-state index in [1.54, 1.807) is 16.8 Å². The summed E-state index contributed by atoms with van der Waals surface area (Å²) in [5.74, 6) is -0.202. The van der Waals surface area contributed by atoms with Gasteiger partial charge in [-0.05, 0) is 43.9 Å². The maximum absolute atomic E-state index is 12.7. The largest absolute Gasteiger partial charge is 0.345 e. The number of H-pyrrole nitrogens is 1. The van der Waals surface area contributed by atoms with Crippen molar-refractivity contribution in [2.75, 3.05) is 0 Å². The number of aryl methyl sites for hydroxylation is 2. The van der Waals surface area contributed by atoms with E-state index in [0.29, 0.717) is 11.2 Å². The highest BCUT2D eigenvalue weighted by Crippen LogP contribution is 2.28. The first-order valence-electron chi connectivity index (χ1n) is 7.96. The molecule has 1 amide bonds. The molecule has 1 aliphatic rings. The van der Waals surface area contributed by atoms with Gasteiger partial charge in [-0.2, -0.15) is 5.10 Å². The molecule has 7 nitrogen and oxygen atoms in total. The molecule has 1 unspecified atom stereocenters. The molecule has 1 aliphatic carbocycles. The number of aromatic amines is 1. The number of rotatable bonds is 2. The summed E-state index contributed by atoms with van der Waals surface area (Å²) in [5.41, 5.74) is 3.61. The quantitative estimate of drug-likeness (QED) is 0.748. The van der Waals surface area contributed by atoms with Crippen LogP contribution in [-0.2, 0) is 6.42 Å². The molecule has 3 heterocycles. The Morgan fingerprint density at radius 2 is 2.25 bits per heavy atom. The second kappa shape index (κ2) is 5.59. The molecule has 1 atom stereocenters. The summed E-state index contributed by atoms with van der Waals surface area (Å²) in [6, 6.07) is 5.04. The lowest BCUT2D eigenvalue weighted by Gasteiger charge is -2.25. The van der Waals surface area contributed by atoms with Crippen molar-refractivity contribution in [1.82, 2.24) is 24.9 Å². The topological polar surface area (TPSA) is 92.2 Å². The molecular weight excluding hydrogens is 306 g/mol. The zero-order chi connectivity index (χ0) is 16.7. The van der Waals surface area contributed by atoms with E-state index >= 15 is 0 Å². The van der Waals surface area contributed by atoms with Gasteiger partial charge in [0, 0.05) is 23.7 Å². The molecule has 0 saturated heterocycles. The predicted octanol–water partition coefficient (Wildman–Crippen LogP) is 1.53. The number of aromatic nitrogens is 4. The van der Waals surface area contributed by atoms with Crippen LogP contribution in [0.4, 0.5) is 0 Å². The fourth-order valence-corrected chi connectivity index (χ4v) is 3.21. The van der Waals surface area contributed by atoms with Gasteiger partial charge in [0.25, 0.3) is 5.91 Å². The Kier molecular flexibility index (Phi) is 3.41. The van der Waals surface area contributed by atoms with Crippen LogP contribution >= 0.6 is 0 Å². The average Bonchev–Trinajstić information content (AvgIpc) is 2.97. The van der Waals surface area contributed by atoms with Crippen molar-refractivity contribution >= 4 is 11.6 Å². The molecule has 7 heteroatoms. The van der Waals surface area contributed by atoms with E-state index in [9.17, 15) is 9.59 Å². The molecule has 122 valence electrons. The highest BCUT2D eigenvalue weighted by molar-refractivity contribution is 5.99. The summed E-state index contributed by atoms with van der Waals surface area (Å²) >= 11 is 0. The number of carbonyl (C=O) groups excluding carboxylic acids is 1. The van der Waals surface area contributed by atoms with Gasteiger partial charge in [0.15, 0.2) is 5.65 Å². The lowest BCUT2D eigenvalue weighted by atomic mass is 9.91. The molecular formula is C17H17N5O2. The summed E-state index contributed by atoms with van der Waals surface area (Å²) in [6.45, 7) is 1.88. The standard InChI is InChI=1S/C17H17N5O2/c1-10-7-8-22-16(19-10)12(9-18-22)17(24)21-14-4-2-3-13-11(14)5-6-15(23)20-13/h5-9,14H,2-4H2,1H3,(H,20,23)(H,21,24). The van der Waals surface area contributed by atoms with Crippen LogP contribution in [0.25, 0.3) is 5.65 Å². The van der Waals surface area contributed by atoms with Gasteiger partial charge >= 0.3 is 0 Å². The number of nitrogens with one attached hydrogen (secondary N) is 2. The number of hydrogen-bond acceptors (Lipinski definition) is 4. The molecule has 0 fully saturated rings. The van der Waals surface area contributed by atoms with Crippen molar-refractivity contribution in [3.05, 3.63) is 63.5 Å². The highest BCUT2D eigenvalue weighted by atomic mass is 16.1. The van der Waals surface area contributed by atoms with Crippen LogP contribution in [0.2, 0.25) is 0 Å². The smallest absolute Gasteiger partial charge is 0.257 e. The lowest BCUT2D eigenvalue weighted by molar-refractivity contribution is 0.0934. The van der Waals surface area contributed by atoms with Gasteiger partial charge in [0.1, 0.15) is 5.56 Å². The van der Waals surface area contributed by atoms with Crippen LogP contribution in [0.3, 0.4) is 0 Å². The molecule has 3 aromatic heterocycles. The van der Waals surface area contributed by atoms with Crippen molar-refractivity contribution in [1.29, 1.82) is 0 Å². The molecule has 2 N–H and O–H groups in total. The van der Waals surface area contributed by atoms with Gasteiger partial charge in [-0.25, -0.2) is 9.50 Å². The average molecular weight is 323 g/mol. The molecule has 4 rings (SSSR count). The Labute approximate surface area is 137 Å². The number of amides is 1. The molecule has 0 bridgehead atoms. The van der Waals surface area contributed by atoms with Crippen LogP contribution in [-0.4, -0.2) is 25.5 Å². The Bertz CT molecular complexity index is 988. The predicted molar refractivity (Wildman–Crippen MR) is 87.9 cm³/mol. The highest BCUT2D eigenvalue weighted by Gasteiger charge is 2.24. The molecule has 24 heavy (non-hydrogen) atoms. The minimum Gasteiger partial charge on any atom is -0.345 e. The summed E-state index contributed by atoms with van der Waals surface area (Å²) in [6.07, 6.45) is 5.92. The SMILES string of the molecule is Cc1ccn2ncc(C(=O)NC3CCCc4[nH]c(=O)ccc43)c2n1. The molecule has 0 aliphatic heterocycles. The molecule has 0 saturated carbocycles. The van der Waals surface area contributed by atoms with Crippen LogP contribution in [0.5, 0.6) is 0 Å². The van der Waals surface area contributed by atoms with Crippen LogP contribution in [0.1, 0.15) is 46.2 Å². The Morgan fingerprint density at radius 1 is 1.38 bits per heavy atom. The third kappa shape index (κ3) is 2.47. The number of hydrogen-bond donors (Lipinski definition) is 2. The first kappa shape index (κ1) is 14.6. The Hall–Kier alpha value is -2.96. The van der Waals surface area contributed by atoms with Crippen molar-refractivity contribution in [3.63, 3.8) is 0 Å². The summed E-state index contributed by atoms with van der Waals surface area (Å²) < 4.78 is 1.59. The van der Waals surface area contributed by atoms with Gasteiger partial charge < -0.3 is 10.3 Å². The number of pyridine rings is 1. The molecule has 0 radical (unpaired) electrons. The van der Waals surface area contributed by atoms with E-state index in [-0.39, 0.29) is 17.5 Å². The third-order valence-electron chi connectivity index (χ3n) is 4.39. The monoisotopic (exact) mass is 323 g/mol. The normalized spacial score (nSPS) is 16.8. The van der Waals surface area contributed by atoms with Crippen LogP contribution in [0, 0.1) is 6.92 Å². The zero-order valence-electron chi connectivity index (χ0n) is 13.2. The lowest BCUT2D eigenvalue weighted by Crippen LogP contribution is -2.32. The second-order valence-corrected chi connectivity index (χ2v) is 6.07. The number of nitrogens with zero attached hydrogens (tertiary/aromatic N) is 3. The maximum atomic E-state index is 12.7. The van der Waals surface area contributed by atoms with Crippen LogP contribution in [0.15, 0.2) is 35.4 Å². The molecule has 0 aromatic carbocycles. The van der Waals surface area contributed by atoms with Crippen molar-refractivity contribution in [2.24, 2.45) is 0 Å². The first-order valence-corrected chi connectivity index (χ1v) is 7.96. The Morgan fingerprint density at radius 3 is 3.12 bits per heavy atom. The van der Waals surface area contributed by atoms with E-state index in [1.807, 2.05) is 13.0 Å². The van der Waals surface area contributed by atoms with Gasteiger partial charge in [-0.3, -0.25) is 9.59 Å². The fourth-order valence-electron chi connectivity index (χ4n) is 3.21. The van der Waals surface area contributed by atoms with E-state index in [1.165, 1.54) is 12.3 Å². The number of carbonyl (C=O) groups is 1. The van der Waals surface area contributed by atoms with Crippen molar-refractivity contribution in [3.8, 4) is 0 Å². The van der Waals surface area contributed by atoms with E-state index in [2.05, 4.69) is 20.4 Å². The fraction of sp³-hybridized carbons (Fsp3) is 0.294. The summed E-state index contributed by atoms with van der Waals surface area (Å²) in [5, 5.41) is 7.23. The third-order valence-corrected chi connectivity index (χ3v) is 4.39. The van der Waals surface area contributed by atoms with Gasteiger partial charge in [0.2, 0.25) is 5.56 Å². The van der Waals surface area contributed by atoms with E-state index < -0.39 is 0 Å². The Balaban J connectivity index is 1.65. The summed E-state index contributed by atoms with van der Waals surface area (Å²) in [7, 11) is 0.